The molecule has 0 bridgehead atoms. The quantitative estimate of drug-likeness (QED) is 0.0261. The average Bonchev–Trinajstić information content (AvgIpc) is 3.45. The molecule has 0 N–H and O–H groups in total. The first kappa shape index (κ1) is 76.1. The zero-order chi connectivity index (χ0) is 57.1. The Hall–Kier alpha value is -2.89. The molecule has 460 valence electrons. The van der Waals surface area contributed by atoms with E-state index in [1.54, 1.807) is 0 Å². The predicted octanol–water partition coefficient (Wildman–Crippen LogP) is 23.9. The predicted molar refractivity (Wildman–Crippen MR) is 344 cm³/mol. The Morgan fingerprint density at radius 1 is 0.253 bits per heavy atom. The van der Waals surface area contributed by atoms with E-state index < -0.39 is 6.10 Å². The monoisotopic (exact) mass is 1110 g/mol. The molecule has 0 saturated carbocycles. The van der Waals surface area contributed by atoms with Crippen molar-refractivity contribution in [2.75, 3.05) is 13.2 Å². The summed E-state index contributed by atoms with van der Waals surface area (Å²) in [4.78, 5) is 38.1. The van der Waals surface area contributed by atoms with Crippen molar-refractivity contribution in [3.63, 3.8) is 0 Å². The van der Waals surface area contributed by atoms with Crippen LogP contribution in [-0.4, -0.2) is 37.2 Å². The smallest absolute Gasteiger partial charge is 0.306 e. The first-order chi connectivity index (χ1) is 39.0. The zero-order valence-corrected chi connectivity index (χ0v) is 52.9. The summed E-state index contributed by atoms with van der Waals surface area (Å²) in [6.07, 6.45) is 87.1. The van der Waals surface area contributed by atoms with Gasteiger partial charge in [-0.3, -0.25) is 14.4 Å². The van der Waals surface area contributed by atoms with Gasteiger partial charge >= 0.3 is 17.9 Å². The first-order valence-electron chi connectivity index (χ1n) is 34.8. The molecule has 0 saturated heterocycles. The lowest BCUT2D eigenvalue weighted by Gasteiger charge is -2.18. The fraction of sp³-hybridized carbons (Fsp3) is 0.822. The summed E-state index contributed by atoms with van der Waals surface area (Å²) >= 11 is 0. The maximum Gasteiger partial charge on any atom is 0.306 e. The van der Waals surface area contributed by atoms with Crippen molar-refractivity contribution in [2.24, 2.45) is 0 Å². The largest absolute Gasteiger partial charge is 0.462 e. The second kappa shape index (κ2) is 67.6. The average molecular weight is 1110 g/mol. The summed E-state index contributed by atoms with van der Waals surface area (Å²) in [5.41, 5.74) is 0. The molecule has 0 rings (SSSR count). The fourth-order valence-corrected chi connectivity index (χ4v) is 10.2. The van der Waals surface area contributed by atoms with Crippen LogP contribution in [-0.2, 0) is 28.6 Å². The van der Waals surface area contributed by atoms with Gasteiger partial charge in [0.25, 0.3) is 0 Å². The molecule has 0 aromatic rings. The van der Waals surface area contributed by atoms with Crippen LogP contribution in [0.2, 0.25) is 0 Å². The van der Waals surface area contributed by atoms with Gasteiger partial charge in [-0.1, -0.05) is 319 Å². The number of hydrogen-bond acceptors (Lipinski definition) is 6. The number of carbonyl (C=O) groups excluding carboxylic acids is 3. The molecule has 0 aromatic carbocycles. The van der Waals surface area contributed by atoms with Crippen LogP contribution in [0.4, 0.5) is 0 Å². The minimum Gasteiger partial charge on any atom is -0.462 e. The van der Waals surface area contributed by atoms with E-state index in [0.717, 1.165) is 83.5 Å². The molecule has 0 radical (unpaired) electrons. The van der Waals surface area contributed by atoms with Gasteiger partial charge in [-0.2, -0.15) is 0 Å². The van der Waals surface area contributed by atoms with E-state index in [-0.39, 0.29) is 31.1 Å². The van der Waals surface area contributed by atoms with Gasteiger partial charge in [0.05, 0.1) is 0 Å². The number of carbonyl (C=O) groups is 3. The highest BCUT2D eigenvalue weighted by molar-refractivity contribution is 5.71. The van der Waals surface area contributed by atoms with E-state index in [9.17, 15) is 14.4 Å². The number of hydrogen-bond donors (Lipinski definition) is 0. The maximum atomic E-state index is 12.9. The molecule has 0 fully saturated rings. The van der Waals surface area contributed by atoms with Crippen molar-refractivity contribution in [1.82, 2.24) is 0 Å². The Morgan fingerprint density at radius 3 is 0.709 bits per heavy atom. The van der Waals surface area contributed by atoms with Crippen molar-refractivity contribution < 1.29 is 28.6 Å². The van der Waals surface area contributed by atoms with E-state index in [2.05, 4.69) is 81.5 Å². The summed E-state index contributed by atoms with van der Waals surface area (Å²) in [5, 5.41) is 0. The van der Waals surface area contributed by atoms with Gasteiger partial charge < -0.3 is 14.2 Å². The van der Waals surface area contributed by atoms with E-state index in [4.69, 9.17) is 14.2 Å². The van der Waals surface area contributed by atoms with Gasteiger partial charge in [-0.05, 0) is 89.9 Å². The Labute approximate surface area is 491 Å². The zero-order valence-electron chi connectivity index (χ0n) is 52.9. The Bertz CT molecular complexity index is 1410. The Kier molecular flexibility index (Phi) is 65.1. The summed E-state index contributed by atoms with van der Waals surface area (Å²) in [7, 11) is 0. The third-order valence-corrected chi connectivity index (χ3v) is 15.5. The first-order valence-corrected chi connectivity index (χ1v) is 34.8. The van der Waals surface area contributed by atoms with E-state index in [0.29, 0.717) is 19.3 Å². The highest BCUT2D eigenvalue weighted by Gasteiger charge is 2.19. The van der Waals surface area contributed by atoms with Gasteiger partial charge in [0, 0.05) is 19.3 Å². The third-order valence-electron chi connectivity index (χ3n) is 15.5. The maximum absolute atomic E-state index is 12.9. The Morgan fingerprint density at radius 2 is 0.456 bits per heavy atom. The SMILES string of the molecule is CCCCCCC/C=C\C/C=C\C/C=C\CCCCCCCCC(=O)OC(COC(=O)CCCCCCCCC)COC(=O)CCCCCCCCCCCCCCCCCCCCCCC/C=C\C/C=C\CCCCCCC. The van der Waals surface area contributed by atoms with Crippen LogP contribution in [0.1, 0.15) is 367 Å². The number of esters is 3. The standard InChI is InChI=1S/C73H132O6/c1-4-7-10-13-16-18-20-22-24-26-28-30-31-32-33-34-35-36-37-38-39-40-41-43-44-46-48-50-52-54-57-60-63-66-72(75)78-69-70(68-77-71(74)65-62-59-56-15-12-9-6-3)79-73(76)67-64-61-58-55-53-51-49-47-45-42-29-27-25-23-21-19-17-14-11-8-5-2/h20-23,26-29,45,47,70H,4-19,24-25,30-44,46,48-69H2,1-3H3/b22-20-,23-21-,28-26-,29-27-,47-45-. The van der Waals surface area contributed by atoms with Crippen LogP contribution >= 0.6 is 0 Å². The second-order valence-electron chi connectivity index (χ2n) is 23.4. The molecule has 0 aromatic heterocycles. The van der Waals surface area contributed by atoms with Crippen LogP contribution in [0.25, 0.3) is 0 Å². The highest BCUT2D eigenvalue weighted by atomic mass is 16.6. The van der Waals surface area contributed by atoms with Crippen molar-refractivity contribution in [3.8, 4) is 0 Å². The molecule has 0 aliphatic carbocycles. The van der Waals surface area contributed by atoms with E-state index in [1.807, 2.05) is 0 Å². The van der Waals surface area contributed by atoms with Gasteiger partial charge in [0.1, 0.15) is 13.2 Å². The molecule has 0 heterocycles. The van der Waals surface area contributed by atoms with E-state index in [1.165, 1.54) is 244 Å². The summed E-state index contributed by atoms with van der Waals surface area (Å²) in [5.74, 6) is -0.876. The van der Waals surface area contributed by atoms with Crippen LogP contribution in [0.3, 0.4) is 0 Å². The van der Waals surface area contributed by atoms with Crippen LogP contribution < -0.4 is 0 Å². The number of unbranched alkanes of at least 4 members (excludes halogenated alkanes) is 43. The molecule has 0 amide bonds. The minimum absolute atomic E-state index is 0.0755. The van der Waals surface area contributed by atoms with Gasteiger partial charge in [-0.25, -0.2) is 0 Å². The number of allylic oxidation sites excluding steroid dienone is 10. The molecule has 6 nitrogen and oxygen atoms in total. The second-order valence-corrected chi connectivity index (χ2v) is 23.4. The van der Waals surface area contributed by atoms with Crippen molar-refractivity contribution in [3.05, 3.63) is 60.8 Å². The van der Waals surface area contributed by atoms with Crippen molar-refractivity contribution >= 4 is 17.9 Å². The molecule has 0 spiro atoms. The van der Waals surface area contributed by atoms with Gasteiger partial charge in [0.15, 0.2) is 6.10 Å². The van der Waals surface area contributed by atoms with Gasteiger partial charge in [0.2, 0.25) is 0 Å². The fourth-order valence-electron chi connectivity index (χ4n) is 10.2. The van der Waals surface area contributed by atoms with Crippen LogP contribution in [0.5, 0.6) is 0 Å². The topological polar surface area (TPSA) is 78.9 Å². The molecular formula is C73H132O6. The molecular weight excluding hydrogens is 973 g/mol. The number of ether oxygens (including phenoxy) is 3. The molecule has 6 heteroatoms. The summed E-state index contributed by atoms with van der Waals surface area (Å²) in [6, 6.07) is 0. The van der Waals surface area contributed by atoms with Crippen LogP contribution in [0, 0.1) is 0 Å². The molecule has 1 unspecified atom stereocenters. The number of rotatable bonds is 64. The van der Waals surface area contributed by atoms with Crippen molar-refractivity contribution in [1.29, 1.82) is 0 Å². The lowest BCUT2D eigenvalue weighted by Crippen LogP contribution is -2.30. The Balaban J connectivity index is 4.02. The van der Waals surface area contributed by atoms with Crippen LogP contribution in [0.15, 0.2) is 60.8 Å². The minimum atomic E-state index is -0.777. The summed E-state index contributed by atoms with van der Waals surface area (Å²) in [6.45, 7) is 6.61. The van der Waals surface area contributed by atoms with E-state index >= 15 is 0 Å². The highest BCUT2D eigenvalue weighted by Crippen LogP contribution is 2.18. The van der Waals surface area contributed by atoms with Crippen molar-refractivity contribution in [2.45, 2.75) is 374 Å². The molecule has 1 atom stereocenters. The molecule has 0 aliphatic rings. The lowest BCUT2D eigenvalue weighted by atomic mass is 10.0. The summed E-state index contributed by atoms with van der Waals surface area (Å²) < 4.78 is 16.9. The third kappa shape index (κ3) is 65.8. The lowest BCUT2D eigenvalue weighted by molar-refractivity contribution is -0.167. The molecule has 0 aliphatic heterocycles. The normalized spacial score (nSPS) is 12.4. The molecule has 79 heavy (non-hydrogen) atoms. The van der Waals surface area contributed by atoms with Gasteiger partial charge in [-0.15, -0.1) is 0 Å².